The molecule has 1 aliphatic rings. The average Bonchev–Trinajstić information content (AvgIpc) is 3.28. The fourth-order valence-corrected chi connectivity index (χ4v) is 4.96. The standard InChI is InChI=1S/C28H31N5O2/c1-19(34)31-17-20-10-12-22(13-11-20)28-32-25(26-27(29)30-14-15-33(26)28)23-8-5-9-24(16-23)35-18-21-6-3-2-4-7-21/h2-9,14-16,20,22H,10-13,17-18H2,1H3,(H2,29,30)(H,31,34)/t20-,22+. The number of nitrogens with zero attached hydrogens (tertiary/aromatic N) is 3. The van der Waals surface area contributed by atoms with Gasteiger partial charge >= 0.3 is 0 Å². The SMILES string of the molecule is CC(=O)NC[C@H]1CC[C@@H](c2nc(-c3cccc(OCc4ccccc4)c3)c3c(N)nccn32)CC1. The molecule has 0 aliphatic heterocycles. The molecule has 1 amide bonds. The first-order chi connectivity index (χ1) is 17.1. The molecule has 1 fully saturated rings. The zero-order chi connectivity index (χ0) is 24.2. The Morgan fingerprint density at radius 3 is 2.69 bits per heavy atom. The van der Waals surface area contributed by atoms with E-state index in [-0.39, 0.29) is 5.91 Å². The summed E-state index contributed by atoms with van der Waals surface area (Å²) in [5, 5.41) is 2.96. The van der Waals surface area contributed by atoms with Crippen LogP contribution in [0.15, 0.2) is 67.0 Å². The Kier molecular flexibility index (Phi) is 6.66. The third-order valence-electron chi connectivity index (χ3n) is 6.82. The molecule has 0 unspecified atom stereocenters. The molecule has 1 aliphatic carbocycles. The van der Waals surface area contributed by atoms with Crippen LogP contribution < -0.4 is 15.8 Å². The number of fused-ring (bicyclic) bond motifs is 1. The number of amides is 1. The molecular weight excluding hydrogens is 438 g/mol. The molecule has 2 heterocycles. The molecule has 180 valence electrons. The monoisotopic (exact) mass is 469 g/mol. The van der Waals surface area contributed by atoms with E-state index in [0.717, 1.165) is 66.1 Å². The lowest BCUT2D eigenvalue weighted by atomic mass is 9.81. The Bertz CT molecular complexity index is 1310. The van der Waals surface area contributed by atoms with Crippen LogP contribution >= 0.6 is 0 Å². The van der Waals surface area contributed by atoms with E-state index in [4.69, 9.17) is 15.5 Å². The molecule has 7 heteroatoms. The molecule has 2 aromatic heterocycles. The summed E-state index contributed by atoms with van der Waals surface area (Å²) in [4.78, 5) is 20.7. The minimum absolute atomic E-state index is 0.0361. The second kappa shape index (κ2) is 10.2. The highest BCUT2D eigenvalue weighted by Crippen LogP contribution is 2.38. The number of anilines is 1. The number of carbonyl (C=O) groups is 1. The number of hydrogen-bond donors (Lipinski definition) is 2. The number of carbonyl (C=O) groups excluding carboxylic acids is 1. The number of nitrogen functional groups attached to an aromatic ring is 1. The molecule has 0 saturated heterocycles. The van der Waals surface area contributed by atoms with Crippen molar-refractivity contribution < 1.29 is 9.53 Å². The minimum Gasteiger partial charge on any atom is -0.489 e. The molecular formula is C28H31N5O2. The van der Waals surface area contributed by atoms with Crippen LogP contribution in [0.3, 0.4) is 0 Å². The lowest BCUT2D eigenvalue weighted by molar-refractivity contribution is -0.119. The Balaban J connectivity index is 1.40. The van der Waals surface area contributed by atoms with E-state index in [1.54, 1.807) is 13.1 Å². The van der Waals surface area contributed by atoms with Crippen molar-refractivity contribution in [1.29, 1.82) is 0 Å². The van der Waals surface area contributed by atoms with Crippen LogP contribution in [-0.2, 0) is 11.4 Å². The van der Waals surface area contributed by atoms with Gasteiger partial charge in [-0.2, -0.15) is 0 Å². The molecule has 35 heavy (non-hydrogen) atoms. The van der Waals surface area contributed by atoms with Gasteiger partial charge in [0.15, 0.2) is 0 Å². The summed E-state index contributed by atoms with van der Waals surface area (Å²) < 4.78 is 8.16. The van der Waals surface area contributed by atoms with Crippen LogP contribution in [0.2, 0.25) is 0 Å². The molecule has 7 nitrogen and oxygen atoms in total. The average molecular weight is 470 g/mol. The number of nitrogens with one attached hydrogen (secondary N) is 1. The highest BCUT2D eigenvalue weighted by Gasteiger charge is 2.27. The molecule has 0 radical (unpaired) electrons. The van der Waals surface area contributed by atoms with Crippen LogP contribution in [0.4, 0.5) is 5.82 Å². The van der Waals surface area contributed by atoms with Crippen LogP contribution in [0.1, 0.15) is 49.9 Å². The number of hydrogen-bond acceptors (Lipinski definition) is 5. The molecule has 0 atom stereocenters. The van der Waals surface area contributed by atoms with E-state index in [2.05, 4.69) is 26.8 Å². The Labute approximate surface area is 205 Å². The van der Waals surface area contributed by atoms with Crippen molar-refractivity contribution in [3.05, 3.63) is 78.4 Å². The van der Waals surface area contributed by atoms with Crippen molar-refractivity contribution in [2.45, 2.75) is 45.1 Å². The van der Waals surface area contributed by atoms with Gasteiger partial charge in [-0.3, -0.25) is 9.20 Å². The van der Waals surface area contributed by atoms with Gasteiger partial charge in [0, 0.05) is 37.3 Å². The minimum atomic E-state index is 0.0361. The molecule has 1 saturated carbocycles. The van der Waals surface area contributed by atoms with E-state index in [0.29, 0.717) is 24.3 Å². The van der Waals surface area contributed by atoms with Gasteiger partial charge in [-0.1, -0.05) is 42.5 Å². The van der Waals surface area contributed by atoms with Gasteiger partial charge in [0.25, 0.3) is 0 Å². The predicted octanol–water partition coefficient (Wildman–Crippen LogP) is 4.97. The summed E-state index contributed by atoms with van der Waals surface area (Å²) in [7, 11) is 0. The summed E-state index contributed by atoms with van der Waals surface area (Å²) >= 11 is 0. The van der Waals surface area contributed by atoms with Crippen LogP contribution in [0.25, 0.3) is 16.8 Å². The molecule has 3 N–H and O–H groups in total. The van der Waals surface area contributed by atoms with Gasteiger partial charge in [0.1, 0.15) is 35.2 Å². The van der Waals surface area contributed by atoms with Crippen molar-refractivity contribution in [1.82, 2.24) is 19.7 Å². The summed E-state index contributed by atoms with van der Waals surface area (Å²) in [5.41, 5.74) is 10.1. The Morgan fingerprint density at radius 1 is 1.11 bits per heavy atom. The lowest BCUT2D eigenvalue weighted by Crippen LogP contribution is -2.29. The van der Waals surface area contributed by atoms with E-state index in [1.165, 1.54) is 0 Å². The molecule has 4 aromatic rings. The topological polar surface area (TPSA) is 94.5 Å². The maximum Gasteiger partial charge on any atom is 0.216 e. The largest absolute Gasteiger partial charge is 0.489 e. The molecule has 5 rings (SSSR count). The van der Waals surface area contributed by atoms with E-state index >= 15 is 0 Å². The van der Waals surface area contributed by atoms with Gasteiger partial charge in [-0.25, -0.2) is 9.97 Å². The van der Waals surface area contributed by atoms with Crippen molar-refractivity contribution in [2.75, 3.05) is 12.3 Å². The van der Waals surface area contributed by atoms with Gasteiger partial charge in [-0.05, 0) is 49.3 Å². The molecule has 0 spiro atoms. The smallest absolute Gasteiger partial charge is 0.216 e. The van der Waals surface area contributed by atoms with Gasteiger partial charge in [0.2, 0.25) is 5.91 Å². The van der Waals surface area contributed by atoms with Crippen molar-refractivity contribution in [2.24, 2.45) is 5.92 Å². The Morgan fingerprint density at radius 2 is 1.91 bits per heavy atom. The number of rotatable bonds is 7. The molecule has 0 bridgehead atoms. The van der Waals surface area contributed by atoms with Crippen LogP contribution in [0.5, 0.6) is 5.75 Å². The zero-order valence-electron chi connectivity index (χ0n) is 20.0. The van der Waals surface area contributed by atoms with Crippen molar-refractivity contribution in [3.63, 3.8) is 0 Å². The second-order valence-corrected chi connectivity index (χ2v) is 9.31. The van der Waals surface area contributed by atoms with Crippen molar-refractivity contribution >= 4 is 17.2 Å². The third-order valence-corrected chi connectivity index (χ3v) is 6.82. The van der Waals surface area contributed by atoms with E-state index in [1.807, 2.05) is 48.7 Å². The predicted molar refractivity (Wildman–Crippen MR) is 137 cm³/mol. The maximum atomic E-state index is 11.3. The van der Waals surface area contributed by atoms with E-state index in [9.17, 15) is 4.79 Å². The first-order valence-corrected chi connectivity index (χ1v) is 12.2. The highest BCUT2D eigenvalue weighted by molar-refractivity contribution is 5.85. The maximum absolute atomic E-state index is 11.3. The highest BCUT2D eigenvalue weighted by atomic mass is 16.5. The fourth-order valence-electron chi connectivity index (χ4n) is 4.96. The van der Waals surface area contributed by atoms with Crippen LogP contribution in [-0.4, -0.2) is 26.8 Å². The number of ether oxygens (including phenoxy) is 1. The summed E-state index contributed by atoms with van der Waals surface area (Å²) in [6.07, 6.45) is 7.89. The Hall–Kier alpha value is -3.87. The molecule has 2 aromatic carbocycles. The van der Waals surface area contributed by atoms with Gasteiger partial charge in [0.05, 0.1) is 0 Å². The number of nitrogens with two attached hydrogens (primary N) is 1. The normalized spacial score (nSPS) is 17.9. The first kappa shape index (κ1) is 22.9. The van der Waals surface area contributed by atoms with Gasteiger partial charge in [-0.15, -0.1) is 0 Å². The number of aromatic nitrogens is 3. The zero-order valence-corrected chi connectivity index (χ0v) is 20.0. The summed E-state index contributed by atoms with van der Waals surface area (Å²) in [6, 6.07) is 18.1. The van der Waals surface area contributed by atoms with Crippen molar-refractivity contribution in [3.8, 4) is 17.0 Å². The first-order valence-electron chi connectivity index (χ1n) is 12.2. The second-order valence-electron chi connectivity index (χ2n) is 9.31. The van der Waals surface area contributed by atoms with Gasteiger partial charge < -0.3 is 15.8 Å². The summed E-state index contributed by atoms with van der Waals surface area (Å²) in [6.45, 7) is 2.83. The van der Waals surface area contributed by atoms with E-state index < -0.39 is 0 Å². The summed E-state index contributed by atoms with van der Waals surface area (Å²) in [5.74, 6) is 3.17. The quantitative estimate of drug-likeness (QED) is 0.399. The number of benzene rings is 2. The fraction of sp³-hybridized carbons (Fsp3) is 0.321. The lowest BCUT2D eigenvalue weighted by Gasteiger charge is -2.27. The number of imidazole rings is 1. The third kappa shape index (κ3) is 5.14. The van der Waals surface area contributed by atoms with Crippen LogP contribution in [0, 0.1) is 5.92 Å².